The lowest BCUT2D eigenvalue weighted by Gasteiger charge is -2.29. The molecule has 0 atom stereocenters. The first-order chi connectivity index (χ1) is 11.8. The van der Waals surface area contributed by atoms with Gasteiger partial charge in [-0.15, -0.1) is 10.2 Å². The van der Waals surface area contributed by atoms with Crippen molar-refractivity contribution in [1.82, 2.24) is 15.1 Å². The molecular formula is C19H21N3O2. The standard InChI is InChI=1S/C19H21N3O2/c23-17(9-6-14-4-2-1-3-5-14)22-12-10-16(11-13-22)19-21-20-18(24-19)15-7-8-15/h1-6,9,15-16H,7-8,10-13H2. The van der Waals surface area contributed by atoms with Gasteiger partial charge >= 0.3 is 0 Å². The van der Waals surface area contributed by atoms with Crippen molar-refractivity contribution < 1.29 is 9.21 Å². The number of benzene rings is 1. The molecular weight excluding hydrogens is 302 g/mol. The van der Waals surface area contributed by atoms with Crippen LogP contribution in [-0.2, 0) is 4.79 Å². The van der Waals surface area contributed by atoms with Crippen LogP contribution in [0.1, 0.15) is 54.9 Å². The molecule has 1 saturated carbocycles. The minimum atomic E-state index is 0.0708. The van der Waals surface area contributed by atoms with Crippen LogP contribution in [0.15, 0.2) is 40.8 Å². The molecule has 0 unspecified atom stereocenters. The van der Waals surface area contributed by atoms with Gasteiger partial charge in [-0.25, -0.2) is 0 Å². The van der Waals surface area contributed by atoms with Crippen molar-refractivity contribution in [1.29, 1.82) is 0 Å². The van der Waals surface area contributed by atoms with Crippen molar-refractivity contribution in [2.45, 2.75) is 37.5 Å². The fraction of sp³-hybridized carbons (Fsp3) is 0.421. The van der Waals surface area contributed by atoms with E-state index in [9.17, 15) is 4.79 Å². The molecule has 1 aromatic carbocycles. The topological polar surface area (TPSA) is 59.2 Å². The lowest BCUT2D eigenvalue weighted by molar-refractivity contribution is -0.127. The summed E-state index contributed by atoms with van der Waals surface area (Å²) in [5, 5.41) is 8.38. The Morgan fingerprint density at radius 1 is 1.00 bits per heavy atom. The molecule has 124 valence electrons. The molecule has 24 heavy (non-hydrogen) atoms. The molecule has 0 radical (unpaired) electrons. The van der Waals surface area contributed by atoms with E-state index in [0.29, 0.717) is 5.92 Å². The molecule has 1 aliphatic carbocycles. The van der Waals surface area contributed by atoms with E-state index in [1.807, 2.05) is 41.3 Å². The Morgan fingerprint density at radius 2 is 1.62 bits per heavy atom. The molecule has 1 aliphatic heterocycles. The number of aromatic nitrogens is 2. The first kappa shape index (κ1) is 15.1. The molecule has 1 saturated heterocycles. The van der Waals surface area contributed by atoms with Gasteiger partial charge in [-0.1, -0.05) is 30.3 Å². The van der Waals surface area contributed by atoms with Crippen LogP contribution in [-0.4, -0.2) is 34.1 Å². The van der Waals surface area contributed by atoms with E-state index in [2.05, 4.69) is 10.2 Å². The van der Waals surface area contributed by atoms with Crippen molar-refractivity contribution in [3.8, 4) is 0 Å². The predicted octanol–water partition coefficient (Wildman–Crippen LogP) is 3.37. The Labute approximate surface area is 141 Å². The van der Waals surface area contributed by atoms with E-state index in [1.54, 1.807) is 6.08 Å². The molecule has 2 heterocycles. The third kappa shape index (κ3) is 3.40. The zero-order valence-corrected chi connectivity index (χ0v) is 13.6. The number of likely N-dealkylation sites (tertiary alicyclic amines) is 1. The molecule has 2 aromatic rings. The van der Waals surface area contributed by atoms with E-state index < -0.39 is 0 Å². The number of carbonyl (C=O) groups is 1. The first-order valence-electron chi connectivity index (χ1n) is 8.65. The molecule has 1 aromatic heterocycles. The normalized spacial score (nSPS) is 19.1. The van der Waals surface area contributed by atoms with Crippen LogP contribution >= 0.6 is 0 Å². The summed E-state index contributed by atoms with van der Waals surface area (Å²) in [6, 6.07) is 9.88. The molecule has 5 nitrogen and oxygen atoms in total. The highest BCUT2D eigenvalue weighted by Gasteiger charge is 2.32. The van der Waals surface area contributed by atoms with Crippen molar-refractivity contribution >= 4 is 12.0 Å². The third-order valence-corrected chi connectivity index (χ3v) is 4.76. The lowest BCUT2D eigenvalue weighted by atomic mass is 9.97. The highest BCUT2D eigenvalue weighted by molar-refractivity contribution is 5.91. The Morgan fingerprint density at radius 3 is 2.25 bits per heavy atom. The van der Waals surface area contributed by atoms with Crippen LogP contribution in [0.25, 0.3) is 6.08 Å². The number of amides is 1. The molecule has 5 heteroatoms. The maximum absolute atomic E-state index is 12.3. The maximum Gasteiger partial charge on any atom is 0.246 e. The monoisotopic (exact) mass is 323 g/mol. The van der Waals surface area contributed by atoms with Crippen molar-refractivity contribution in [2.75, 3.05) is 13.1 Å². The summed E-state index contributed by atoms with van der Waals surface area (Å²) in [5.74, 6) is 2.41. The van der Waals surface area contributed by atoms with E-state index in [-0.39, 0.29) is 11.8 Å². The smallest absolute Gasteiger partial charge is 0.246 e. The van der Waals surface area contributed by atoms with Crippen LogP contribution < -0.4 is 0 Å². The molecule has 0 spiro atoms. The lowest BCUT2D eigenvalue weighted by Crippen LogP contribution is -2.36. The van der Waals surface area contributed by atoms with Gasteiger partial charge in [0.05, 0.1) is 0 Å². The maximum atomic E-state index is 12.3. The zero-order valence-electron chi connectivity index (χ0n) is 13.6. The van der Waals surface area contributed by atoms with E-state index >= 15 is 0 Å². The van der Waals surface area contributed by atoms with Gasteiger partial charge in [-0.3, -0.25) is 4.79 Å². The van der Waals surface area contributed by atoms with Crippen LogP contribution in [0.3, 0.4) is 0 Å². The molecule has 1 amide bonds. The van der Waals surface area contributed by atoms with Gasteiger partial charge in [0.15, 0.2) is 0 Å². The summed E-state index contributed by atoms with van der Waals surface area (Å²) in [7, 11) is 0. The molecule has 0 N–H and O–H groups in total. The average Bonchev–Trinajstić information content (AvgIpc) is 3.38. The van der Waals surface area contributed by atoms with E-state index in [4.69, 9.17) is 4.42 Å². The number of rotatable bonds is 4. The molecule has 4 rings (SSSR count). The zero-order chi connectivity index (χ0) is 16.4. The quantitative estimate of drug-likeness (QED) is 0.810. The van der Waals surface area contributed by atoms with Gasteiger partial charge in [0.1, 0.15) is 0 Å². The van der Waals surface area contributed by atoms with Crippen molar-refractivity contribution in [3.63, 3.8) is 0 Å². The number of carbonyl (C=O) groups excluding carboxylic acids is 1. The largest absolute Gasteiger partial charge is 0.425 e. The highest BCUT2D eigenvalue weighted by atomic mass is 16.4. The van der Waals surface area contributed by atoms with E-state index in [1.165, 1.54) is 12.8 Å². The summed E-state index contributed by atoms with van der Waals surface area (Å²) >= 11 is 0. The first-order valence-corrected chi connectivity index (χ1v) is 8.65. The Balaban J connectivity index is 1.31. The van der Waals surface area contributed by atoms with Gasteiger partial charge < -0.3 is 9.32 Å². The number of hydrogen-bond acceptors (Lipinski definition) is 4. The average molecular weight is 323 g/mol. The number of hydrogen-bond donors (Lipinski definition) is 0. The SMILES string of the molecule is O=C(C=Cc1ccccc1)N1CCC(c2nnc(C3CC3)o2)CC1. The van der Waals surface area contributed by atoms with E-state index in [0.717, 1.165) is 43.3 Å². The van der Waals surface area contributed by atoms with Crippen molar-refractivity contribution in [2.24, 2.45) is 0 Å². The Bertz CT molecular complexity index is 726. The Kier molecular flexibility index (Phi) is 4.15. The van der Waals surface area contributed by atoms with Gasteiger partial charge in [0, 0.05) is 31.0 Å². The molecule has 2 aliphatic rings. The second kappa shape index (κ2) is 6.59. The van der Waals surface area contributed by atoms with Gasteiger partial charge in [-0.2, -0.15) is 0 Å². The van der Waals surface area contributed by atoms with Crippen molar-refractivity contribution in [3.05, 3.63) is 53.8 Å². The minimum Gasteiger partial charge on any atom is -0.425 e. The van der Waals surface area contributed by atoms with Crippen LogP contribution in [0.4, 0.5) is 0 Å². The predicted molar refractivity (Wildman–Crippen MR) is 90.3 cm³/mol. The molecule has 0 bridgehead atoms. The van der Waals surface area contributed by atoms with Gasteiger partial charge in [0.25, 0.3) is 0 Å². The summed E-state index contributed by atoms with van der Waals surface area (Å²) in [4.78, 5) is 14.2. The number of piperidine rings is 1. The Hall–Kier alpha value is -2.43. The number of nitrogens with zero attached hydrogens (tertiary/aromatic N) is 3. The molecule has 2 fully saturated rings. The summed E-state index contributed by atoms with van der Waals surface area (Å²) in [6.07, 6.45) is 7.64. The second-order valence-corrected chi connectivity index (χ2v) is 6.60. The third-order valence-electron chi connectivity index (χ3n) is 4.76. The summed E-state index contributed by atoms with van der Waals surface area (Å²) in [5.41, 5.74) is 1.04. The van der Waals surface area contributed by atoms with Crippen LogP contribution in [0, 0.1) is 0 Å². The van der Waals surface area contributed by atoms with Crippen LogP contribution in [0.2, 0.25) is 0 Å². The summed E-state index contributed by atoms with van der Waals surface area (Å²) in [6.45, 7) is 1.48. The summed E-state index contributed by atoms with van der Waals surface area (Å²) < 4.78 is 5.81. The van der Waals surface area contributed by atoms with Crippen LogP contribution in [0.5, 0.6) is 0 Å². The second-order valence-electron chi connectivity index (χ2n) is 6.60. The van der Waals surface area contributed by atoms with Gasteiger partial charge in [0.2, 0.25) is 17.7 Å². The van der Waals surface area contributed by atoms with Gasteiger partial charge in [-0.05, 0) is 37.3 Å². The fourth-order valence-corrected chi connectivity index (χ4v) is 3.09. The fourth-order valence-electron chi connectivity index (χ4n) is 3.09. The minimum absolute atomic E-state index is 0.0708. The highest BCUT2D eigenvalue weighted by Crippen LogP contribution is 2.40.